The van der Waals surface area contributed by atoms with E-state index in [1.807, 2.05) is 6.07 Å². The van der Waals surface area contributed by atoms with Gasteiger partial charge in [0, 0.05) is 11.6 Å². The average Bonchev–Trinajstić information content (AvgIpc) is 2.72. The maximum atomic E-state index is 13.1. The predicted octanol–water partition coefficient (Wildman–Crippen LogP) is 3.89. The normalized spacial score (nSPS) is 10.2. The van der Waals surface area contributed by atoms with Gasteiger partial charge in [0.2, 0.25) is 0 Å². The molecule has 0 atom stereocenters. The molecule has 0 radical (unpaired) electrons. The van der Waals surface area contributed by atoms with Crippen molar-refractivity contribution in [2.75, 3.05) is 18.5 Å². The molecule has 0 saturated heterocycles. The molecule has 3 aromatic carbocycles. The average molecular weight is 378 g/mol. The fourth-order valence-corrected chi connectivity index (χ4v) is 2.56. The number of halogens is 1. The molecular weight excluding hydrogens is 359 g/mol. The van der Waals surface area contributed by atoms with Crippen LogP contribution in [-0.4, -0.2) is 25.0 Å². The molecule has 142 valence electrons. The molecule has 3 rings (SSSR count). The zero-order valence-corrected chi connectivity index (χ0v) is 15.0. The van der Waals surface area contributed by atoms with Crippen LogP contribution in [0.5, 0.6) is 5.75 Å². The van der Waals surface area contributed by atoms with Crippen LogP contribution in [0.15, 0.2) is 78.9 Å². The number of ether oxygens (including phenoxy) is 1. The van der Waals surface area contributed by atoms with E-state index < -0.39 is 0 Å². The van der Waals surface area contributed by atoms with E-state index >= 15 is 0 Å². The molecular formula is C22H19FN2O3. The van der Waals surface area contributed by atoms with Crippen molar-refractivity contribution in [3.63, 3.8) is 0 Å². The molecule has 2 N–H and O–H groups in total. The van der Waals surface area contributed by atoms with Crippen LogP contribution in [0.4, 0.5) is 10.1 Å². The van der Waals surface area contributed by atoms with Gasteiger partial charge in [0.25, 0.3) is 11.8 Å². The highest BCUT2D eigenvalue weighted by atomic mass is 19.1. The Morgan fingerprint density at radius 1 is 0.857 bits per heavy atom. The summed E-state index contributed by atoms with van der Waals surface area (Å²) in [6, 6.07) is 21.3. The summed E-state index contributed by atoms with van der Waals surface area (Å²) in [5.41, 5.74) is 1.26. The number of hydrogen-bond donors (Lipinski definition) is 2. The van der Waals surface area contributed by atoms with E-state index in [4.69, 9.17) is 4.74 Å². The number of carbonyl (C=O) groups excluding carboxylic acids is 2. The van der Waals surface area contributed by atoms with Crippen LogP contribution in [0.3, 0.4) is 0 Å². The number of hydrogen-bond acceptors (Lipinski definition) is 3. The van der Waals surface area contributed by atoms with Gasteiger partial charge in [-0.2, -0.15) is 0 Å². The number of carbonyl (C=O) groups is 2. The standard InChI is InChI=1S/C22H19FN2O3/c23-17-9-6-10-18(15-17)28-14-13-24-22(27)19-11-4-5-12-20(19)25-21(26)16-7-2-1-3-8-16/h1-12,15H,13-14H2,(H,24,27)(H,25,26). The highest BCUT2D eigenvalue weighted by Gasteiger charge is 2.13. The molecule has 3 aromatic rings. The monoisotopic (exact) mass is 378 g/mol. The molecule has 0 saturated carbocycles. The Morgan fingerprint density at radius 3 is 2.39 bits per heavy atom. The molecule has 0 aliphatic heterocycles. The molecule has 0 aromatic heterocycles. The van der Waals surface area contributed by atoms with E-state index in [9.17, 15) is 14.0 Å². The largest absolute Gasteiger partial charge is 0.492 e. The highest BCUT2D eigenvalue weighted by Crippen LogP contribution is 2.16. The molecule has 28 heavy (non-hydrogen) atoms. The Balaban J connectivity index is 1.57. The van der Waals surface area contributed by atoms with Crippen LogP contribution >= 0.6 is 0 Å². The van der Waals surface area contributed by atoms with Gasteiger partial charge in [-0.3, -0.25) is 9.59 Å². The topological polar surface area (TPSA) is 67.4 Å². The highest BCUT2D eigenvalue weighted by molar-refractivity contribution is 6.08. The third-order valence-corrected chi connectivity index (χ3v) is 3.91. The van der Waals surface area contributed by atoms with Crippen molar-refractivity contribution < 1.29 is 18.7 Å². The van der Waals surface area contributed by atoms with Gasteiger partial charge >= 0.3 is 0 Å². The Morgan fingerprint density at radius 2 is 1.61 bits per heavy atom. The molecule has 0 fully saturated rings. The lowest BCUT2D eigenvalue weighted by Crippen LogP contribution is -2.29. The van der Waals surface area contributed by atoms with Crippen molar-refractivity contribution in [2.45, 2.75) is 0 Å². The minimum Gasteiger partial charge on any atom is -0.492 e. The first-order valence-electron chi connectivity index (χ1n) is 8.75. The Kier molecular flexibility index (Phi) is 6.36. The van der Waals surface area contributed by atoms with Crippen LogP contribution in [-0.2, 0) is 0 Å². The lowest BCUT2D eigenvalue weighted by molar-refractivity contribution is 0.0948. The number of rotatable bonds is 7. The number of amides is 2. The minimum absolute atomic E-state index is 0.188. The fraction of sp³-hybridized carbons (Fsp3) is 0.0909. The molecule has 2 amide bonds. The van der Waals surface area contributed by atoms with E-state index in [-0.39, 0.29) is 30.8 Å². The summed E-state index contributed by atoms with van der Waals surface area (Å²) in [7, 11) is 0. The molecule has 0 aliphatic carbocycles. The van der Waals surface area contributed by atoms with Gasteiger partial charge in [0.15, 0.2) is 0 Å². The summed E-state index contributed by atoms with van der Waals surface area (Å²) in [6.45, 7) is 0.421. The number of nitrogens with one attached hydrogen (secondary N) is 2. The second-order valence-corrected chi connectivity index (χ2v) is 5.93. The van der Waals surface area contributed by atoms with Crippen molar-refractivity contribution in [1.82, 2.24) is 5.32 Å². The summed E-state index contributed by atoms with van der Waals surface area (Å²) >= 11 is 0. The van der Waals surface area contributed by atoms with Crippen LogP contribution in [0, 0.1) is 5.82 Å². The van der Waals surface area contributed by atoms with E-state index in [0.29, 0.717) is 22.6 Å². The number of para-hydroxylation sites is 1. The fourth-order valence-electron chi connectivity index (χ4n) is 2.56. The van der Waals surface area contributed by atoms with Crippen molar-refractivity contribution >= 4 is 17.5 Å². The van der Waals surface area contributed by atoms with Crippen molar-refractivity contribution in [3.8, 4) is 5.75 Å². The van der Waals surface area contributed by atoms with Gasteiger partial charge in [0.05, 0.1) is 17.8 Å². The molecule has 6 heteroatoms. The molecule has 0 spiro atoms. The van der Waals surface area contributed by atoms with Crippen molar-refractivity contribution in [2.24, 2.45) is 0 Å². The third kappa shape index (κ3) is 5.17. The summed E-state index contributed by atoms with van der Waals surface area (Å²) in [5, 5.41) is 5.49. The Hall–Kier alpha value is -3.67. The van der Waals surface area contributed by atoms with E-state index in [0.717, 1.165) is 0 Å². The summed E-state index contributed by atoms with van der Waals surface area (Å²) in [4.78, 5) is 24.8. The summed E-state index contributed by atoms with van der Waals surface area (Å²) in [5.74, 6) is -0.628. The molecule has 0 heterocycles. The van der Waals surface area contributed by atoms with Crippen molar-refractivity contribution in [1.29, 1.82) is 0 Å². The maximum absolute atomic E-state index is 13.1. The lowest BCUT2D eigenvalue weighted by Gasteiger charge is -2.12. The predicted molar refractivity (Wildman–Crippen MR) is 105 cm³/mol. The minimum atomic E-state index is -0.385. The molecule has 0 unspecified atom stereocenters. The zero-order valence-electron chi connectivity index (χ0n) is 15.0. The van der Waals surface area contributed by atoms with Crippen LogP contribution in [0.25, 0.3) is 0 Å². The number of anilines is 1. The third-order valence-electron chi connectivity index (χ3n) is 3.91. The van der Waals surface area contributed by atoms with Crippen LogP contribution in [0.1, 0.15) is 20.7 Å². The van der Waals surface area contributed by atoms with Gasteiger partial charge < -0.3 is 15.4 Å². The molecule has 5 nitrogen and oxygen atoms in total. The second-order valence-electron chi connectivity index (χ2n) is 5.93. The van der Waals surface area contributed by atoms with Gasteiger partial charge in [0.1, 0.15) is 18.2 Å². The van der Waals surface area contributed by atoms with Gasteiger partial charge in [-0.05, 0) is 36.4 Å². The smallest absolute Gasteiger partial charge is 0.255 e. The second kappa shape index (κ2) is 9.32. The maximum Gasteiger partial charge on any atom is 0.255 e. The number of benzene rings is 3. The molecule has 0 aliphatic rings. The molecule has 0 bridgehead atoms. The summed E-state index contributed by atoms with van der Waals surface area (Å²) in [6.07, 6.45) is 0. The van der Waals surface area contributed by atoms with E-state index in [1.165, 1.54) is 12.1 Å². The van der Waals surface area contributed by atoms with E-state index in [2.05, 4.69) is 10.6 Å². The van der Waals surface area contributed by atoms with Crippen LogP contribution in [0.2, 0.25) is 0 Å². The summed E-state index contributed by atoms with van der Waals surface area (Å²) < 4.78 is 18.5. The first-order chi connectivity index (χ1) is 13.6. The van der Waals surface area contributed by atoms with Gasteiger partial charge in [-0.25, -0.2) is 4.39 Å². The lowest BCUT2D eigenvalue weighted by atomic mass is 10.1. The first kappa shape index (κ1) is 19.1. The van der Waals surface area contributed by atoms with Gasteiger partial charge in [-0.1, -0.05) is 36.4 Å². The first-order valence-corrected chi connectivity index (χ1v) is 8.75. The zero-order chi connectivity index (χ0) is 19.8. The SMILES string of the molecule is O=C(Nc1ccccc1C(=O)NCCOc1cccc(F)c1)c1ccccc1. The quantitative estimate of drug-likeness (QED) is 0.613. The van der Waals surface area contributed by atoms with Crippen molar-refractivity contribution in [3.05, 3.63) is 95.8 Å². The van der Waals surface area contributed by atoms with Crippen LogP contribution < -0.4 is 15.4 Å². The van der Waals surface area contributed by atoms with E-state index in [1.54, 1.807) is 60.7 Å². The Labute approximate surface area is 162 Å². The van der Waals surface area contributed by atoms with Gasteiger partial charge in [-0.15, -0.1) is 0 Å². The Bertz CT molecular complexity index is 961.